The summed E-state index contributed by atoms with van der Waals surface area (Å²) in [6.07, 6.45) is 4.75. The van der Waals surface area contributed by atoms with Crippen molar-refractivity contribution in [1.82, 2.24) is 9.88 Å². The number of likely N-dealkylation sites (tertiary alicyclic amines) is 1. The van der Waals surface area contributed by atoms with E-state index in [0.717, 1.165) is 31.5 Å². The highest BCUT2D eigenvalue weighted by molar-refractivity contribution is 5.84. The maximum Gasteiger partial charge on any atom is 0.226 e. The molecule has 1 fully saturated rings. The van der Waals surface area contributed by atoms with Crippen LogP contribution in [0.2, 0.25) is 0 Å². The molecule has 3 heteroatoms. The summed E-state index contributed by atoms with van der Waals surface area (Å²) in [5.74, 6) is 0.794. The van der Waals surface area contributed by atoms with Gasteiger partial charge in [0.1, 0.15) is 0 Å². The number of aryl methyl sites for hydroxylation is 1. The number of para-hydroxylation sites is 1. The number of hydrogen-bond donors (Lipinski definition) is 1. The molecule has 0 bridgehead atoms. The van der Waals surface area contributed by atoms with E-state index in [1.54, 1.807) is 0 Å². The number of hydrogen-bond acceptors (Lipinski definition) is 1. The first-order chi connectivity index (χ1) is 12.2. The van der Waals surface area contributed by atoms with Gasteiger partial charge in [-0.05, 0) is 42.9 Å². The van der Waals surface area contributed by atoms with Gasteiger partial charge in [0.15, 0.2) is 0 Å². The van der Waals surface area contributed by atoms with E-state index in [4.69, 9.17) is 0 Å². The number of nitrogens with zero attached hydrogens (tertiary/aromatic N) is 1. The molecule has 1 amide bonds. The molecule has 2 aromatic carbocycles. The third-order valence-electron chi connectivity index (χ3n) is 5.35. The quantitative estimate of drug-likeness (QED) is 0.757. The van der Waals surface area contributed by atoms with Crippen molar-refractivity contribution in [2.45, 2.75) is 32.1 Å². The number of carbonyl (C=O) groups is 1. The summed E-state index contributed by atoms with van der Waals surface area (Å²) in [7, 11) is 0. The average molecular weight is 332 g/mol. The number of aromatic nitrogens is 1. The minimum absolute atomic E-state index is 0.253. The van der Waals surface area contributed by atoms with Crippen LogP contribution in [0.5, 0.6) is 0 Å². The molecular formula is C22H24N2O. The van der Waals surface area contributed by atoms with Crippen LogP contribution < -0.4 is 0 Å². The van der Waals surface area contributed by atoms with Crippen LogP contribution in [0.3, 0.4) is 0 Å². The molecule has 3 aromatic rings. The van der Waals surface area contributed by atoms with E-state index in [9.17, 15) is 4.79 Å². The lowest BCUT2D eigenvalue weighted by Gasteiger charge is -2.32. The number of nitrogens with one attached hydrogen (secondary N) is 1. The third-order valence-corrected chi connectivity index (χ3v) is 5.35. The van der Waals surface area contributed by atoms with E-state index in [2.05, 4.69) is 54.5 Å². The van der Waals surface area contributed by atoms with Crippen LogP contribution in [0.25, 0.3) is 10.9 Å². The Bertz CT molecular complexity index is 888. The molecule has 1 aromatic heterocycles. The molecule has 0 radical (unpaired) electrons. The molecule has 0 aliphatic carbocycles. The molecule has 1 N–H and O–H groups in total. The minimum atomic E-state index is 0.253. The number of fused-ring (bicyclic) bond motifs is 1. The molecule has 25 heavy (non-hydrogen) atoms. The second kappa shape index (κ2) is 6.75. The fourth-order valence-electron chi connectivity index (χ4n) is 3.98. The van der Waals surface area contributed by atoms with Crippen LogP contribution in [0.4, 0.5) is 0 Å². The number of rotatable bonds is 3. The standard InChI is InChI=1S/C22H24N2O/c1-16-5-4-6-17(13-16)14-22(25)24-11-9-18(10-12-24)20-15-23-21-8-3-2-7-19(20)21/h2-8,13,15,18,23H,9-12,14H2,1H3. The fourth-order valence-corrected chi connectivity index (χ4v) is 3.98. The zero-order chi connectivity index (χ0) is 17.2. The van der Waals surface area contributed by atoms with Crippen LogP contribution >= 0.6 is 0 Å². The van der Waals surface area contributed by atoms with Crippen molar-refractivity contribution in [1.29, 1.82) is 0 Å². The summed E-state index contributed by atoms with van der Waals surface area (Å²) < 4.78 is 0. The van der Waals surface area contributed by atoms with Crippen molar-refractivity contribution in [3.63, 3.8) is 0 Å². The summed E-state index contributed by atoms with van der Waals surface area (Å²) in [4.78, 5) is 18.0. The first kappa shape index (κ1) is 15.9. The molecule has 0 saturated carbocycles. The molecule has 0 unspecified atom stereocenters. The van der Waals surface area contributed by atoms with Crippen LogP contribution in [0.1, 0.15) is 35.4 Å². The summed E-state index contributed by atoms with van der Waals surface area (Å²) in [5.41, 5.74) is 4.93. The molecule has 4 rings (SSSR count). The van der Waals surface area contributed by atoms with Gasteiger partial charge in [-0.2, -0.15) is 0 Å². The molecule has 1 aliphatic rings. The smallest absolute Gasteiger partial charge is 0.226 e. The Hall–Kier alpha value is -2.55. The van der Waals surface area contributed by atoms with Crippen molar-refractivity contribution >= 4 is 16.8 Å². The van der Waals surface area contributed by atoms with Crippen LogP contribution in [-0.4, -0.2) is 28.9 Å². The van der Waals surface area contributed by atoms with Gasteiger partial charge in [0.2, 0.25) is 5.91 Å². The lowest BCUT2D eigenvalue weighted by atomic mass is 9.89. The third kappa shape index (κ3) is 3.32. The first-order valence-electron chi connectivity index (χ1n) is 9.10. The van der Waals surface area contributed by atoms with E-state index >= 15 is 0 Å². The molecule has 0 atom stereocenters. The van der Waals surface area contributed by atoms with Gasteiger partial charge in [-0.1, -0.05) is 48.0 Å². The number of piperidine rings is 1. The highest BCUT2D eigenvalue weighted by atomic mass is 16.2. The van der Waals surface area contributed by atoms with E-state index in [1.807, 2.05) is 17.0 Å². The van der Waals surface area contributed by atoms with Gasteiger partial charge in [-0.3, -0.25) is 4.79 Å². The van der Waals surface area contributed by atoms with Gasteiger partial charge in [0.25, 0.3) is 0 Å². The van der Waals surface area contributed by atoms with Crippen LogP contribution in [-0.2, 0) is 11.2 Å². The lowest BCUT2D eigenvalue weighted by Crippen LogP contribution is -2.38. The molecular weight excluding hydrogens is 308 g/mol. The van der Waals surface area contributed by atoms with Crippen molar-refractivity contribution in [3.05, 3.63) is 71.4 Å². The number of carbonyl (C=O) groups excluding carboxylic acids is 1. The average Bonchev–Trinajstić information content (AvgIpc) is 3.06. The first-order valence-corrected chi connectivity index (χ1v) is 9.10. The zero-order valence-electron chi connectivity index (χ0n) is 14.7. The second-order valence-corrected chi connectivity index (χ2v) is 7.11. The Morgan fingerprint density at radius 3 is 2.72 bits per heavy atom. The fraction of sp³-hybridized carbons (Fsp3) is 0.318. The Labute approximate surface area is 148 Å². The Morgan fingerprint density at radius 2 is 1.92 bits per heavy atom. The van der Waals surface area contributed by atoms with E-state index in [1.165, 1.54) is 22.0 Å². The number of benzene rings is 2. The highest BCUT2D eigenvalue weighted by Gasteiger charge is 2.25. The number of amides is 1. The van der Waals surface area contributed by atoms with Gasteiger partial charge in [0.05, 0.1) is 6.42 Å². The lowest BCUT2D eigenvalue weighted by molar-refractivity contribution is -0.131. The monoisotopic (exact) mass is 332 g/mol. The Kier molecular flexibility index (Phi) is 4.31. The predicted molar refractivity (Wildman–Crippen MR) is 102 cm³/mol. The van der Waals surface area contributed by atoms with Gasteiger partial charge >= 0.3 is 0 Å². The molecule has 1 saturated heterocycles. The molecule has 2 heterocycles. The number of aromatic amines is 1. The van der Waals surface area contributed by atoms with Gasteiger partial charge in [0, 0.05) is 30.2 Å². The van der Waals surface area contributed by atoms with Crippen molar-refractivity contribution < 1.29 is 4.79 Å². The maximum absolute atomic E-state index is 12.6. The second-order valence-electron chi connectivity index (χ2n) is 7.11. The predicted octanol–water partition coefficient (Wildman–Crippen LogP) is 4.43. The molecule has 3 nitrogen and oxygen atoms in total. The summed E-state index contributed by atoms with van der Waals surface area (Å²) in [6, 6.07) is 16.7. The van der Waals surface area contributed by atoms with Gasteiger partial charge in [-0.25, -0.2) is 0 Å². The summed E-state index contributed by atoms with van der Waals surface area (Å²) >= 11 is 0. The maximum atomic E-state index is 12.6. The topological polar surface area (TPSA) is 36.1 Å². The molecule has 0 spiro atoms. The normalized spacial score (nSPS) is 15.6. The van der Waals surface area contributed by atoms with Crippen molar-refractivity contribution in [2.75, 3.05) is 13.1 Å². The van der Waals surface area contributed by atoms with E-state index in [0.29, 0.717) is 12.3 Å². The van der Waals surface area contributed by atoms with Gasteiger partial charge in [-0.15, -0.1) is 0 Å². The number of H-pyrrole nitrogens is 1. The summed E-state index contributed by atoms with van der Waals surface area (Å²) in [5, 5.41) is 1.33. The molecule has 128 valence electrons. The van der Waals surface area contributed by atoms with Crippen molar-refractivity contribution in [3.8, 4) is 0 Å². The van der Waals surface area contributed by atoms with Gasteiger partial charge < -0.3 is 9.88 Å². The zero-order valence-corrected chi connectivity index (χ0v) is 14.7. The van der Waals surface area contributed by atoms with E-state index < -0.39 is 0 Å². The van der Waals surface area contributed by atoms with E-state index in [-0.39, 0.29) is 5.91 Å². The molecule has 1 aliphatic heterocycles. The minimum Gasteiger partial charge on any atom is -0.361 e. The summed E-state index contributed by atoms with van der Waals surface area (Å²) in [6.45, 7) is 3.78. The highest BCUT2D eigenvalue weighted by Crippen LogP contribution is 2.33. The van der Waals surface area contributed by atoms with Crippen molar-refractivity contribution in [2.24, 2.45) is 0 Å². The Balaban J connectivity index is 1.40. The largest absolute Gasteiger partial charge is 0.361 e. The SMILES string of the molecule is Cc1cccc(CC(=O)N2CCC(c3c[nH]c4ccccc34)CC2)c1. The Morgan fingerprint density at radius 1 is 1.12 bits per heavy atom. The van der Waals surface area contributed by atoms with Crippen LogP contribution in [0, 0.1) is 6.92 Å². The van der Waals surface area contributed by atoms with Crippen LogP contribution in [0.15, 0.2) is 54.7 Å².